The Hall–Kier alpha value is -1.09. The Balaban J connectivity index is 2.97. The van der Waals surface area contributed by atoms with Crippen molar-refractivity contribution in [1.82, 2.24) is 4.98 Å². The van der Waals surface area contributed by atoms with Gasteiger partial charge in [0.2, 0.25) is 0 Å². The minimum Gasteiger partial charge on any atom is -0.354 e. The number of hydrogen-bond donors (Lipinski definition) is 1. The minimum absolute atomic E-state index is 0.0600. The summed E-state index contributed by atoms with van der Waals surface area (Å²) in [6.45, 7) is 11.9. The van der Waals surface area contributed by atoms with Crippen LogP contribution in [0, 0.1) is 5.92 Å². The zero-order valence-electron chi connectivity index (χ0n) is 11.6. The molecule has 0 amide bonds. The third-order valence-corrected chi connectivity index (χ3v) is 2.77. The van der Waals surface area contributed by atoms with Crippen LogP contribution in [0.1, 0.15) is 46.2 Å². The van der Waals surface area contributed by atoms with E-state index in [1.807, 2.05) is 19.2 Å². The van der Waals surface area contributed by atoms with Gasteiger partial charge < -0.3 is 10.6 Å². The van der Waals surface area contributed by atoms with Crippen molar-refractivity contribution in [3.05, 3.63) is 23.9 Å². The molecule has 0 spiro atoms. The molecule has 0 aliphatic rings. The molecule has 1 aromatic rings. The van der Waals surface area contributed by atoms with Crippen molar-refractivity contribution in [3.8, 4) is 0 Å². The van der Waals surface area contributed by atoms with E-state index in [0.29, 0.717) is 12.0 Å². The molecule has 96 valence electrons. The molecule has 1 rings (SSSR count). The van der Waals surface area contributed by atoms with Gasteiger partial charge in [-0.25, -0.2) is 4.98 Å². The molecule has 0 fully saturated rings. The van der Waals surface area contributed by atoms with Gasteiger partial charge in [-0.2, -0.15) is 0 Å². The molecule has 3 heteroatoms. The summed E-state index contributed by atoms with van der Waals surface area (Å²) in [5.74, 6) is 1.65. The van der Waals surface area contributed by atoms with E-state index in [-0.39, 0.29) is 6.04 Å². The summed E-state index contributed by atoms with van der Waals surface area (Å²) in [6.07, 6.45) is 1.85. The first kappa shape index (κ1) is 14.0. The highest BCUT2D eigenvalue weighted by Gasteiger charge is 2.14. The van der Waals surface area contributed by atoms with Crippen molar-refractivity contribution in [2.45, 2.75) is 46.7 Å². The molecule has 3 nitrogen and oxygen atoms in total. The van der Waals surface area contributed by atoms with Crippen molar-refractivity contribution in [2.24, 2.45) is 11.7 Å². The topological polar surface area (TPSA) is 42.1 Å². The molecule has 0 saturated carbocycles. The van der Waals surface area contributed by atoms with E-state index < -0.39 is 0 Å². The van der Waals surface area contributed by atoms with Crippen molar-refractivity contribution in [2.75, 3.05) is 11.4 Å². The number of nitrogens with two attached hydrogens (primary N) is 1. The largest absolute Gasteiger partial charge is 0.354 e. The van der Waals surface area contributed by atoms with Gasteiger partial charge in [-0.05, 0) is 44.4 Å². The van der Waals surface area contributed by atoms with E-state index in [4.69, 9.17) is 5.73 Å². The Kier molecular flexibility index (Phi) is 4.94. The van der Waals surface area contributed by atoms with E-state index in [9.17, 15) is 0 Å². The van der Waals surface area contributed by atoms with Crippen LogP contribution in [0.5, 0.6) is 0 Å². The first-order chi connectivity index (χ1) is 7.91. The van der Waals surface area contributed by atoms with Crippen LogP contribution in [0.2, 0.25) is 0 Å². The molecule has 1 aromatic heterocycles. The highest BCUT2D eigenvalue weighted by molar-refractivity contribution is 5.42. The van der Waals surface area contributed by atoms with E-state index in [0.717, 1.165) is 17.9 Å². The van der Waals surface area contributed by atoms with Crippen LogP contribution in [0.25, 0.3) is 0 Å². The Labute approximate surface area is 105 Å². The summed E-state index contributed by atoms with van der Waals surface area (Å²) in [4.78, 5) is 6.80. The lowest BCUT2D eigenvalue weighted by molar-refractivity contribution is 0.565. The molecular weight excluding hydrogens is 210 g/mol. The molecule has 0 saturated heterocycles. The van der Waals surface area contributed by atoms with Crippen LogP contribution in [0.15, 0.2) is 18.3 Å². The van der Waals surface area contributed by atoms with Crippen molar-refractivity contribution >= 4 is 5.82 Å². The molecule has 1 heterocycles. The summed E-state index contributed by atoms with van der Waals surface area (Å²) in [5.41, 5.74) is 7.06. The monoisotopic (exact) mass is 235 g/mol. The van der Waals surface area contributed by atoms with Gasteiger partial charge in [0.05, 0.1) is 0 Å². The lowest BCUT2D eigenvalue weighted by Crippen LogP contribution is -2.34. The molecule has 1 atom stereocenters. The summed E-state index contributed by atoms with van der Waals surface area (Å²) in [7, 11) is 0. The average Bonchev–Trinajstić information content (AvgIpc) is 2.25. The van der Waals surface area contributed by atoms with Gasteiger partial charge in [0.15, 0.2) is 0 Å². The van der Waals surface area contributed by atoms with Gasteiger partial charge in [-0.15, -0.1) is 0 Å². The first-order valence-corrected chi connectivity index (χ1v) is 6.40. The Morgan fingerprint density at radius 2 is 1.88 bits per heavy atom. The number of aromatic nitrogens is 1. The second-order valence-corrected chi connectivity index (χ2v) is 5.38. The number of rotatable bonds is 5. The second kappa shape index (κ2) is 6.01. The maximum atomic E-state index is 5.91. The van der Waals surface area contributed by atoms with Crippen LogP contribution in [-0.4, -0.2) is 17.6 Å². The van der Waals surface area contributed by atoms with Crippen molar-refractivity contribution < 1.29 is 0 Å². The van der Waals surface area contributed by atoms with E-state index >= 15 is 0 Å². The molecule has 0 bridgehead atoms. The molecule has 0 radical (unpaired) electrons. The van der Waals surface area contributed by atoms with Gasteiger partial charge in [-0.1, -0.05) is 13.8 Å². The highest BCUT2D eigenvalue weighted by Crippen LogP contribution is 2.19. The molecular formula is C14H25N3. The molecule has 0 aliphatic heterocycles. The van der Waals surface area contributed by atoms with Gasteiger partial charge >= 0.3 is 0 Å². The van der Waals surface area contributed by atoms with Crippen LogP contribution in [0.3, 0.4) is 0 Å². The average molecular weight is 235 g/mol. The number of anilines is 1. The quantitative estimate of drug-likeness (QED) is 0.853. The summed E-state index contributed by atoms with van der Waals surface area (Å²) in [6, 6.07) is 4.60. The first-order valence-electron chi connectivity index (χ1n) is 6.40. The van der Waals surface area contributed by atoms with Crippen LogP contribution >= 0.6 is 0 Å². The molecule has 17 heavy (non-hydrogen) atoms. The normalized spacial score (nSPS) is 13.2. The fourth-order valence-corrected chi connectivity index (χ4v) is 1.84. The van der Waals surface area contributed by atoms with Crippen LogP contribution in [-0.2, 0) is 0 Å². The van der Waals surface area contributed by atoms with Crippen molar-refractivity contribution in [3.63, 3.8) is 0 Å². The van der Waals surface area contributed by atoms with Crippen molar-refractivity contribution in [1.29, 1.82) is 0 Å². The SMILES string of the molecule is CC(C)CN(c1cc([C@H](C)N)ccn1)C(C)C. The molecule has 0 aliphatic carbocycles. The molecule has 0 aromatic carbocycles. The summed E-state index contributed by atoms with van der Waals surface area (Å²) < 4.78 is 0. The van der Waals surface area contributed by atoms with Gasteiger partial charge in [0.1, 0.15) is 5.82 Å². The second-order valence-electron chi connectivity index (χ2n) is 5.38. The van der Waals surface area contributed by atoms with E-state index in [2.05, 4.69) is 43.6 Å². The lowest BCUT2D eigenvalue weighted by Gasteiger charge is -2.30. The standard InChI is InChI=1S/C14H25N3/c1-10(2)9-17(11(3)4)14-8-13(12(5)15)6-7-16-14/h6-8,10-12H,9,15H2,1-5H3/t12-/m0/s1. The Bertz CT molecular complexity index is 345. The smallest absolute Gasteiger partial charge is 0.129 e. The minimum atomic E-state index is 0.0600. The fraction of sp³-hybridized carbons (Fsp3) is 0.643. The number of pyridine rings is 1. The maximum Gasteiger partial charge on any atom is 0.129 e. The van der Waals surface area contributed by atoms with Crippen LogP contribution < -0.4 is 10.6 Å². The molecule has 0 unspecified atom stereocenters. The van der Waals surface area contributed by atoms with Gasteiger partial charge in [0, 0.05) is 24.8 Å². The highest BCUT2D eigenvalue weighted by atomic mass is 15.2. The lowest BCUT2D eigenvalue weighted by atomic mass is 10.1. The molecule has 2 N–H and O–H groups in total. The van der Waals surface area contributed by atoms with Crippen LogP contribution in [0.4, 0.5) is 5.82 Å². The third-order valence-electron chi connectivity index (χ3n) is 2.77. The number of hydrogen-bond acceptors (Lipinski definition) is 3. The van der Waals surface area contributed by atoms with Gasteiger partial charge in [0.25, 0.3) is 0 Å². The van der Waals surface area contributed by atoms with E-state index in [1.54, 1.807) is 0 Å². The Morgan fingerprint density at radius 3 is 2.35 bits per heavy atom. The summed E-state index contributed by atoms with van der Waals surface area (Å²) >= 11 is 0. The van der Waals surface area contributed by atoms with Gasteiger partial charge in [-0.3, -0.25) is 0 Å². The van der Waals surface area contributed by atoms with E-state index in [1.165, 1.54) is 0 Å². The predicted octanol–water partition coefficient (Wildman–Crippen LogP) is 2.97. The zero-order valence-corrected chi connectivity index (χ0v) is 11.6. The zero-order chi connectivity index (χ0) is 13.0. The number of nitrogens with zero attached hydrogens (tertiary/aromatic N) is 2. The summed E-state index contributed by atoms with van der Waals surface area (Å²) in [5, 5.41) is 0. The third kappa shape index (κ3) is 4.00. The Morgan fingerprint density at radius 1 is 1.24 bits per heavy atom. The maximum absolute atomic E-state index is 5.91. The fourth-order valence-electron chi connectivity index (χ4n) is 1.84. The predicted molar refractivity (Wildman–Crippen MR) is 74.2 cm³/mol.